The first kappa shape index (κ1) is 21.7. The quantitative estimate of drug-likeness (QED) is 0.448. The van der Waals surface area contributed by atoms with Crippen molar-refractivity contribution in [2.75, 3.05) is 18.8 Å². The van der Waals surface area contributed by atoms with Gasteiger partial charge in [-0.25, -0.2) is 4.98 Å². The number of rotatable bonds is 5. The summed E-state index contributed by atoms with van der Waals surface area (Å²) in [6, 6.07) is 13.6. The average Bonchev–Trinajstić information content (AvgIpc) is 3.55. The average molecular weight is 478 g/mol. The first-order valence-electron chi connectivity index (χ1n) is 10.7. The number of carbonyl (C=O) groups is 2. The van der Waals surface area contributed by atoms with Crippen LogP contribution in [0.15, 0.2) is 48.7 Å². The van der Waals surface area contributed by atoms with E-state index in [0.29, 0.717) is 24.3 Å². The van der Waals surface area contributed by atoms with Gasteiger partial charge in [0.25, 0.3) is 11.8 Å². The van der Waals surface area contributed by atoms with Gasteiger partial charge in [-0.1, -0.05) is 35.9 Å². The lowest BCUT2D eigenvalue weighted by Gasteiger charge is -2.24. The predicted octanol–water partition coefficient (Wildman–Crippen LogP) is 4.25. The molecule has 0 spiro atoms. The number of aromatic nitrogens is 3. The minimum absolute atomic E-state index is 0.0861. The molecular weight excluding hydrogens is 454 g/mol. The third-order valence-electron chi connectivity index (χ3n) is 5.63. The van der Waals surface area contributed by atoms with Gasteiger partial charge in [-0.3, -0.25) is 14.7 Å². The molecule has 2 aromatic heterocycles. The number of nitrogens with one attached hydrogen (secondary N) is 2. The Morgan fingerprint density at radius 2 is 2.06 bits per heavy atom. The van der Waals surface area contributed by atoms with Crippen molar-refractivity contribution >= 4 is 45.8 Å². The number of hydrogen-bond donors (Lipinski definition) is 2. The van der Waals surface area contributed by atoms with Crippen molar-refractivity contribution in [3.8, 4) is 10.4 Å². The molecular formula is C24H23N5O2S2. The summed E-state index contributed by atoms with van der Waals surface area (Å²) < 4.78 is 0. The fraction of sp³-hybridized carbons (Fsp3) is 0.250. The molecule has 3 heterocycles. The zero-order valence-electron chi connectivity index (χ0n) is 18.3. The largest absolute Gasteiger partial charge is 0.349 e. The van der Waals surface area contributed by atoms with E-state index in [4.69, 9.17) is 0 Å². The van der Waals surface area contributed by atoms with Crippen molar-refractivity contribution in [1.82, 2.24) is 25.4 Å². The number of amides is 2. The van der Waals surface area contributed by atoms with Gasteiger partial charge in [0.15, 0.2) is 0 Å². The van der Waals surface area contributed by atoms with Gasteiger partial charge in [0.05, 0.1) is 32.5 Å². The Bertz CT molecular complexity index is 1350. The highest BCUT2D eigenvalue weighted by molar-refractivity contribution is 8.00. The maximum atomic E-state index is 13.5. The van der Waals surface area contributed by atoms with E-state index in [2.05, 4.69) is 26.6 Å². The Kier molecular flexibility index (Phi) is 5.90. The van der Waals surface area contributed by atoms with Crippen LogP contribution in [-0.4, -0.2) is 56.1 Å². The standard InChI is InChI=1S/C24H23N5O2S2/c1-14-5-3-6-16(11-14)22-21(27-15(2)33-22)24(31)29-9-10-32-20(29)13-25-23(30)17-7-4-8-19-18(17)12-26-28-19/h3-8,11-12,20H,9-10,13H2,1-2H3,(H,25,30)(H,26,28). The number of fused-ring (bicyclic) bond motifs is 1. The summed E-state index contributed by atoms with van der Waals surface area (Å²) in [5.41, 5.74) is 4.03. The summed E-state index contributed by atoms with van der Waals surface area (Å²) in [4.78, 5) is 33.7. The topological polar surface area (TPSA) is 91.0 Å². The molecule has 0 radical (unpaired) electrons. The number of thioether (sulfide) groups is 1. The molecule has 1 atom stereocenters. The van der Waals surface area contributed by atoms with E-state index >= 15 is 0 Å². The minimum Gasteiger partial charge on any atom is -0.349 e. The monoisotopic (exact) mass is 477 g/mol. The van der Waals surface area contributed by atoms with Crippen LogP contribution in [0.4, 0.5) is 0 Å². The summed E-state index contributed by atoms with van der Waals surface area (Å²) in [6.45, 7) is 4.96. The zero-order chi connectivity index (χ0) is 22.9. The molecule has 1 aliphatic rings. The van der Waals surface area contributed by atoms with Crippen LogP contribution in [0.1, 0.15) is 31.4 Å². The summed E-state index contributed by atoms with van der Waals surface area (Å²) in [5, 5.41) is 11.4. The van der Waals surface area contributed by atoms with Gasteiger partial charge in [-0.2, -0.15) is 5.10 Å². The summed E-state index contributed by atoms with van der Waals surface area (Å²) >= 11 is 3.21. The molecule has 7 nitrogen and oxygen atoms in total. The molecule has 0 bridgehead atoms. The molecule has 33 heavy (non-hydrogen) atoms. The van der Waals surface area contributed by atoms with Crippen molar-refractivity contribution in [2.24, 2.45) is 0 Å². The van der Waals surface area contributed by atoms with Crippen molar-refractivity contribution in [2.45, 2.75) is 19.2 Å². The molecule has 1 fully saturated rings. The fourth-order valence-electron chi connectivity index (χ4n) is 4.05. The molecule has 1 unspecified atom stereocenters. The van der Waals surface area contributed by atoms with E-state index < -0.39 is 0 Å². The van der Waals surface area contributed by atoms with Crippen LogP contribution in [0.5, 0.6) is 0 Å². The second kappa shape index (κ2) is 8.99. The van der Waals surface area contributed by atoms with Crippen molar-refractivity contribution in [3.63, 3.8) is 0 Å². The number of H-pyrrole nitrogens is 1. The second-order valence-corrected chi connectivity index (χ2v) is 10.4. The number of nitrogens with zero attached hydrogens (tertiary/aromatic N) is 3. The molecule has 0 aliphatic carbocycles. The SMILES string of the molecule is Cc1cccc(-c2sc(C)nc2C(=O)N2CCSC2CNC(=O)c2cccc3[nH]ncc23)c1. The number of aromatic amines is 1. The molecule has 2 aromatic carbocycles. The number of benzene rings is 2. The lowest BCUT2D eigenvalue weighted by molar-refractivity contribution is 0.0747. The molecule has 4 aromatic rings. The van der Waals surface area contributed by atoms with Crippen LogP contribution >= 0.6 is 23.1 Å². The molecule has 2 amide bonds. The second-order valence-electron chi connectivity index (χ2n) is 7.95. The van der Waals surface area contributed by atoms with Crippen molar-refractivity contribution in [3.05, 3.63) is 70.5 Å². The molecule has 168 valence electrons. The third kappa shape index (κ3) is 4.26. The Morgan fingerprint density at radius 3 is 2.91 bits per heavy atom. The highest BCUT2D eigenvalue weighted by Crippen LogP contribution is 2.34. The third-order valence-corrected chi connectivity index (χ3v) is 7.88. The van der Waals surface area contributed by atoms with Gasteiger partial charge in [0.1, 0.15) is 5.69 Å². The van der Waals surface area contributed by atoms with E-state index in [1.165, 1.54) is 11.3 Å². The van der Waals surface area contributed by atoms with Crippen LogP contribution in [0, 0.1) is 13.8 Å². The smallest absolute Gasteiger partial charge is 0.274 e. The Labute approximate surface area is 199 Å². The van der Waals surface area contributed by atoms with Gasteiger partial charge < -0.3 is 10.2 Å². The fourth-order valence-corrected chi connectivity index (χ4v) is 6.12. The lowest BCUT2D eigenvalue weighted by atomic mass is 10.1. The van der Waals surface area contributed by atoms with E-state index in [0.717, 1.165) is 37.7 Å². The summed E-state index contributed by atoms with van der Waals surface area (Å²) in [6.07, 6.45) is 1.65. The van der Waals surface area contributed by atoms with Crippen LogP contribution in [0.2, 0.25) is 0 Å². The predicted molar refractivity (Wildman–Crippen MR) is 133 cm³/mol. The number of aryl methyl sites for hydroxylation is 2. The number of thiazole rings is 1. The van der Waals surface area contributed by atoms with E-state index in [1.54, 1.807) is 24.0 Å². The van der Waals surface area contributed by atoms with E-state index in [-0.39, 0.29) is 17.2 Å². The maximum Gasteiger partial charge on any atom is 0.274 e. The molecule has 1 aliphatic heterocycles. The Morgan fingerprint density at radius 1 is 1.21 bits per heavy atom. The van der Waals surface area contributed by atoms with Gasteiger partial charge in [0.2, 0.25) is 0 Å². The minimum atomic E-state index is -0.174. The Balaban J connectivity index is 1.34. The lowest BCUT2D eigenvalue weighted by Crippen LogP contribution is -2.42. The molecule has 0 saturated carbocycles. The van der Waals surface area contributed by atoms with Crippen LogP contribution < -0.4 is 5.32 Å². The molecule has 2 N–H and O–H groups in total. The maximum absolute atomic E-state index is 13.5. The highest BCUT2D eigenvalue weighted by atomic mass is 32.2. The van der Waals surface area contributed by atoms with Crippen LogP contribution in [-0.2, 0) is 0 Å². The van der Waals surface area contributed by atoms with Crippen molar-refractivity contribution in [1.29, 1.82) is 0 Å². The highest BCUT2D eigenvalue weighted by Gasteiger charge is 2.33. The Hall–Kier alpha value is -3.17. The molecule has 5 rings (SSSR count). The number of hydrogen-bond acceptors (Lipinski definition) is 6. The van der Waals surface area contributed by atoms with Crippen molar-refractivity contribution < 1.29 is 9.59 Å². The van der Waals surface area contributed by atoms with E-state index in [9.17, 15) is 9.59 Å². The normalized spacial score (nSPS) is 15.8. The first-order valence-corrected chi connectivity index (χ1v) is 12.5. The van der Waals surface area contributed by atoms with Crippen LogP contribution in [0.25, 0.3) is 21.3 Å². The zero-order valence-corrected chi connectivity index (χ0v) is 19.9. The van der Waals surface area contributed by atoms with E-state index in [1.807, 2.05) is 49.1 Å². The van der Waals surface area contributed by atoms with Gasteiger partial charge in [0, 0.05) is 24.2 Å². The first-order chi connectivity index (χ1) is 16.0. The summed E-state index contributed by atoms with van der Waals surface area (Å²) in [7, 11) is 0. The summed E-state index contributed by atoms with van der Waals surface area (Å²) in [5.74, 6) is 0.566. The van der Waals surface area contributed by atoms with Gasteiger partial charge >= 0.3 is 0 Å². The molecule has 9 heteroatoms. The number of carbonyl (C=O) groups excluding carboxylic acids is 2. The molecule has 1 saturated heterocycles. The van der Waals surface area contributed by atoms with Gasteiger partial charge in [-0.15, -0.1) is 23.1 Å². The van der Waals surface area contributed by atoms with Crippen LogP contribution in [0.3, 0.4) is 0 Å². The van der Waals surface area contributed by atoms with Gasteiger partial charge in [-0.05, 0) is 31.5 Å².